The summed E-state index contributed by atoms with van der Waals surface area (Å²) >= 11 is 0. The number of hydrogen-bond acceptors (Lipinski definition) is 32. The molecule has 33 nitrogen and oxygen atoms in total. The fourth-order valence-corrected chi connectivity index (χ4v) is 18.7. The lowest BCUT2D eigenvalue weighted by molar-refractivity contribution is -0.388. The van der Waals surface area contributed by atoms with Gasteiger partial charge in [0.1, 0.15) is 127 Å². The molecular weight excluding hydrogens is 1280 g/mol. The number of fused-ring (bicyclic) bond motifs is 7. The molecule has 5 aliphatic carbocycles. The molecule has 0 aromatic rings. The Labute approximate surface area is 552 Å². The Balaban J connectivity index is 0.857. The number of carbonyl (C=O) groups is 2. The second-order valence-electron chi connectivity index (χ2n) is 30.6. The molecule has 6 saturated heterocycles. The van der Waals surface area contributed by atoms with Crippen LogP contribution in [0.3, 0.4) is 0 Å². The minimum atomic E-state index is -2.05. The topological polar surface area (TPSA) is 529 Å². The first-order valence-electron chi connectivity index (χ1n) is 33.3. The van der Waals surface area contributed by atoms with Crippen molar-refractivity contribution in [2.24, 2.45) is 50.2 Å². The van der Waals surface area contributed by atoms with Crippen LogP contribution in [0.15, 0.2) is 11.6 Å². The van der Waals surface area contributed by atoms with Crippen molar-refractivity contribution in [3.8, 4) is 0 Å². The summed E-state index contributed by atoms with van der Waals surface area (Å²) in [6.07, 6.45) is -48.8. The van der Waals surface area contributed by atoms with Crippen molar-refractivity contribution < 1.29 is 163 Å². The van der Waals surface area contributed by atoms with Gasteiger partial charge in [-0.25, -0.2) is 0 Å². The highest BCUT2D eigenvalue weighted by atomic mass is 16.8. The lowest BCUT2D eigenvalue weighted by Crippen LogP contribution is -2.71. The number of hydrogen-bond donors (Lipinski definition) is 19. The van der Waals surface area contributed by atoms with Gasteiger partial charge in [-0.05, 0) is 105 Å². The van der Waals surface area contributed by atoms with Crippen LogP contribution >= 0.6 is 0 Å². The van der Waals surface area contributed by atoms with Crippen molar-refractivity contribution in [2.45, 2.75) is 284 Å². The van der Waals surface area contributed by atoms with E-state index < -0.39 is 279 Å². The first-order chi connectivity index (χ1) is 44.9. The van der Waals surface area contributed by atoms with Gasteiger partial charge in [0.25, 0.3) is 0 Å². The van der Waals surface area contributed by atoms with Gasteiger partial charge in [-0.3, -0.25) is 9.59 Å². The fraction of sp³-hybridized carbons (Fsp3) is 0.937. The van der Waals surface area contributed by atoms with Crippen LogP contribution in [0.2, 0.25) is 0 Å². The van der Waals surface area contributed by atoms with E-state index in [2.05, 4.69) is 13.0 Å². The predicted molar refractivity (Wildman–Crippen MR) is 313 cm³/mol. The molecule has 96 heavy (non-hydrogen) atoms. The van der Waals surface area contributed by atoms with E-state index in [-0.39, 0.29) is 25.7 Å². The second-order valence-corrected chi connectivity index (χ2v) is 30.6. The van der Waals surface area contributed by atoms with E-state index in [1.807, 2.05) is 27.7 Å². The van der Waals surface area contributed by atoms with Crippen molar-refractivity contribution in [1.29, 1.82) is 0 Å². The Morgan fingerprint density at radius 2 is 1.01 bits per heavy atom. The normalized spacial score (nSPS) is 55.1. The number of allylic oxidation sites excluding steroid dienone is 2. The molecule has 0 aromatic carbocycles. The molecule has 0 radical (unpaired) electrons. The van der Waals surface area contributed by atoms with Gasteiger partial charge < -0.3 is 154 Å². The molecule has 0 aromatic heterocycles. The van der Waals surface area contributed by atoms with Crippen LogP contribution in [0.25, 0.3) is 0 Å². The average Bonchev–Trinajstić information content (AvgIpc) is 0.669. The van der Waals surface area contributed by atoms with E-state index in [9.17, 15) is 102 Å². The summed E-state index contributed by atoms with van der Waals surface area (Å²) in [7, 11) is 0. The maximum Gasteiger partial charge on any atom is 0.317 e. The maximum absolute atomic E-state index is 15.7. The molecule has 33 heteroatoms. The third-order valence-electron chi connectivity index (χ3n) is 24.5. The fourth-order valence-electron chi connectivity index (χ4n) is 18.7. The van der Waals surface area contributed by atoms with Crippen molar-refractivity contribution in [2.75, 3.05) is 33.0 Å². The molecule has 4 saturated carbocycles. The lowest BCUT2D eigenvalue weighted by atomic mass is 9.33. The highest BCUT2D eigenvalue weighted by Crippen LogP contribution is 2.76. The molecule has 6 heterocycles. The van der Waals surface area contributed by atoms with Crippen LogP contribution in [-0.2, 0) is 66.4 Å². The lowest BCUT2D eigenvalue weighted by Gasteiger charge is -2.71. The van der Waals surface area contributed by atoms with E-state index in [0.29, 0.717) is 25.7 Å². The Kier molecular flexibility index (Phi) is 21.5. The highest BCUT2D eigenvalue weighted by molar-refractivity contribution is 5.80. The molecule has 0 spiro atoms. The zero-order valence-electron chi connectivity index (χ0n) is 54.5. The smallest absolute Gasteiger partial charge is 0.317 e. The molecule has 11 aliphatic rings. The Hall–Kier alpha value is -2.48. The first-order valence-corrected chi connectivity index (χ1v) is 33.3. The van der Waals surface area contributed by atoms with E-state index in [0.717, 1.165) is 5.57 Å². The van der Waals surface area contributed by atoms with E-state index in [1.165, 1.54) is 13.8 Å². The third-order valence-corrected chi connectivity index (χ3v) is 24.5. The van der Waals surface area contributed by atoms with Crippen LogP contribution in [0, 0.1) is 50.2 Å². The van der Waals surface area contributed by atoms with Crippen LogP contribution in [-0.4, -0.2) is 326 Å². The van der Waals surface area contributed by atoms with E-state index >= 15 is 4.79 Å². The van der Waals surface area contributed by atoms with Gasteiger partial charge >= 0.3 is 11.9 Å². The van der Waals surface area contributed by atoms with Gasteiger partial charge in [0.2, 0.25) is 6.29 Å². The molecular formula is C63H100O33. The highest BCUT2D eigenvalue weighted by Gasteiger charge is 2.75. The monoisotopic (exact) mass is 1380 g/mol. The number of ether oxygens (including phenoxy) is 12. The minimum absolute atomic E-state index is 0.0204. The number of esters is 1. The van der Waals surface area contributed by atoms with Crippen LogP contribution in [0.1, 0.15) is 99.8 Å². The first kappa shape index (κ1) is 74.7. The summed E-state index contributed by atoms with van der Waals surface area (Å²) in [6, 6.07) is 0. The molecule has 0 bridgehead atoms. The molecule has 0 unspecified atom stereocenters. The quantitative estimate of drug-likeness (QED) is 0.0412. The van der Waals surface area contributed by atoms with Crippen LogP contribution in [0.5, 0.6) is 0 Å². The van der Waals surface area contributed by atoms with Gasteiger partial charge in [0, 0.05) is 0 Å². The van der Waals surface area contributed by atoms with E-state index in [4.69, 9.17) is 56.8 Å². The van der Waals surface area contributed by atoms with Gasteiger partial charge in [0.05, 0.1) is 56.8 Å². The molecule has 0 amide bonds. The van der Waals surface area contributed by atoms with Gasteiger partial charge in [-0.15, -0.1) is 0 Å². The number of carboxylic acids is 1. The molecule has 550 valence electrons. The summed E-state index contributed by atoms with van der Waals surface area (Å²) < 4.78 is 71.6. The zero-order chi connectivity index (χ0) is 70.2. The summed E-state index contributed by atoms with van der Waals surface area (Å²) in [5.41, 5.74) is -5.98. The third kappa shape index (κ3) is 12.3. The van der Waals surface area contributed by atoms with Gasteiger partial charge in [-0.1, -0.05) is 46.3 Å². The van der Waals surface area contributed by atoms with Crippen LogP contribution < -0.4 is 0 Å². The number of carbonyl (C=O) groups excluding carboxylic acids is 1. The summed E-state index contributed by atoms with van der Waals surface area (Å²) in [4.78, 5) is 29.9. The molecule has 38 atom stereocenters. The van der Waals surface area contributed by atoms with Crippen molar-refractivity contribution in [1.82, 2.24) is 0 Å². The zero-order valence-corrected chi connectivity index (χ0v) is 54.5. The molecule has 6 aliphatic heterocycles. The van der Waals surface area contributed by atoms with E-state index in [1.54, 1.807) is 0 Å². The second kappa shape index (κ2) is 27.6. The summed E-state index contributed by atoms with van der Waals surface area (Å²) in [6.45, 7) is 9.63. The largest absolute Gasteiger partial charge is 0.481 e. The summed E-state index contributed by atoms with van der Waals surface area (Å²) in [5.74, 6) is -4.23. The molecule has 11 rings (SSSR count). The maximum atomic E-state index is 15.7. The van der Waals surface area contributed by atoms with Gasteiger partial charge in [-0.2, -0.15) is 0 Å². The van der Waals surface area contributed by atoms with Gasteiger partial charge in [0.15, 0.2) is 37.6 Å². The molecule has 19 N–H and O–H groups in total. The summed E-state index contributed by atoms with van der Waals surface area (Å²) in [5, 5.41) is 210. The average molecular weight is 1390 g/mol. The molecule has 10 fully saturated rings. The Bertz CT molecular complexity index is 2770. The SMILES string of the molecule is C[C@@H]1O[C@@H](O[C@H]2[C@H](OC(=O)[C@]34CCC(C)(C)C[C@H]3C3=CC[C@@H]5[C@@]6(C)C[C@H](O)[C@H](O[C@@H]7O[C@H](CO)[C@@H](O)[C@H](O)[C@H]7O[C@@H]7O[C@H](CO)[C@@H](O)[C@H](O)[C@H]7O)[C@@](C)(C(=O)O)[C@@H]6CC[C@@]5(C)[C@]3(C)C[C@@H]4O)OC[C@H](O)[C@@H]2O)[C@H](O)[C@H](O[C@@H]2OC[C@H](O)[C@H](O)[C@H]2O)[C@H]1O[C@@H]1OC[C@@H](O)[C@H](O)[C@H]1O. The van der Waals surface area contributed by atoms with Crippen molar-refractivity contribution in [3.05, 3.63) is 11.6 Å². The number of aliphatic carboxylic acids is 1. The number of aliphatic hydroxyl groups is 18. The Morgan fingerprint density at radius 1 is 0.500 bits per heavy atom. The number of aliphatic hydroxyl groups excluding tert-OH is 18. The van der Waals surface area contributed by atoms with Crippen LogP contribution in [0.4, 0.5) is 0 Å². The van der Waals surface area contributed by atoms with Crippen molar-refractivity contribution in [3.63, 3.8) is 0 Å². The Morgan fingerprint density at radius 3 is 1.59 bits per heavy atom. The standard InChI is InChI=1S/C63H100O33/c1-22-45(91-50-41(78)34(71)26(67)19-85-50)46(92-51-42(79)35(72)27(68)20-86-51)44(81)53(88-22)93-47-36(73)28(69)21-87-54(47)96-57(84)63-13-12-58(2,3)14-24(63)23-8-9-31-59(4)15-25(66)49(62(7,56(82)83)32(59)10-11-60(31,5)61(23,6)16-33(63)70)95-55-48(40(77)38(75)30(18-65)90-55)94-52-43(80)39(76)37(74)29(17-64)89-52/h8,22,24-55,64-81H,9-21H2,1-7H3,(H,82,83)/t22-,24-,25-,26+,27-,28-,29+,30+,31+,32+,33-,34-,35-,36-,37+,38+,39-,40-,41+,42+,43+,44+,45-,46-,47+,48+,49-,50-,51-,52-,53-,54-,55-,59+,60+,61+,62-,63+/m0/s1. The number of carboxylic acid groups (broad SMARTS) is 1. The number of rotatable bonds is 15. The predicted octanol–water partition coefficient (Wildman–Crippen LogP) is -6.44. The minimum Gasteiger partial charge on any atom is -0.481 e. The van der Waals surface area contributed by atoms with Crippen molar-refractivity contribution >= 4 is 11.9 Å².